The first-order valence-electron chi connectivity index (χ1n) is 10.3. The maximum absolute atomic E-state index is 13.0. The number of ether oxygens (including phenoxy) is 1. The lowest BCUT2D eigenvalue weighted by atomic mass is 10.1. The fourth-order valence-corrected chi connectivity index (χ4v) is 4.62. The number of benzene rings is 3. The zero-order valence-electron chi connectivity index (χ0n) is 18.9. The lowest BCUT2D eigenvalue weighted by Gasteiger charge is -2.16. The van der Waals surface area contributed by atoms with Gasteiger partial charge in [-0.15, -0.1) is 0 Å². The van der Waals surface area contributed by atoms with Crippen LogP contribution < -0.4 is 14.8 Å². The number of hydrogen-bond donors (Lipinski definition) is 2. The van der Waals surface area contributed by atoms with Crippen molar-refractivity contribution in [1.29, 1.82) is 0 Å². The highest BCUT2D eigenvalue weighted by molar-refractivity contribution is 7.92. The number of amides is 1. The highest BCUT2D eigenvalue weighted by Gasteiger charge is 2.20. The zero-order valence-corrected chi connectivity index (χ0v) is 19.7. The number of carbonyl (C=O) groups excluding carboxylic acids is 1. The highest BCUT2D eigenvalue weighted by Crippen LogP contribution is 2.23. The van der Waals surface area contributed by atoms with Gasteiger partial charge in [-0.1, -0.05) is 24.3 Å². The van der Waals surface area contributed by atoms with Crippen LogP contribution in [0.5, 0.6) is 5.75 Å². The number of carbonyl (C=O) groups is 1. The Morgan fingerprint density at radius 2 is 1.53 bits per heavy atom. The number of nitrogens with one attached hydrogen (secondary N) is 2. The molecule has 1 atom stereocenters. The first-order valence-corrected chi connectivity index (χ1v) is 11.7. The second kappa shape index (κ2) is 9.44. The summed E-state index contributed by atoms with van der Waals surface area (Å²) < 4.78 is 33.9. The van der Waals surface area contributed by atoms with Crippen molar-refractivity contribution in [2.45, 2.75) is 38.6 Å². The molecule has 0 saturated carbocycles. The van der Waals surface area contributed by atoms with Crippen LogP contribution in [0.3, 0.4) is 0 Å². The molecular weight excluding hydrogens is 424 g/mol. The quantitative estimate of drug-likeness (QED) is 0.533. The van der Waals surface area contributed by atoms with E-state index in [0.717, 1.165) is 22.4 Å². The third kappa shape index (κ3) is 5.29. The second-order valence-electron chi connectivity index (χ2n) is 7.85. The number of sulfonamides is 1. The predicted molar refractivity (Wildman–Crippen MR) is 127 cm³/mol. The molecule has 0 radical (unpaired) electrons. The molecule has 168 valence electrons. The normalized spacial score (nSPS) is 12.2. The molecule has 3 aromatic rings. The fourth-order valence-electron chi connectivity index (χ4n) is 3.30. The van der Waals surface area contributed by atoms with Crippen LogP contribution >= 0.6 is 0 Å². The summed E-state index contributed by atoms with van der Waals surface area (Å²) in [6, 6.07) is 17.2. The molecule has 32 heavy (non-hydrogen) atoms. The Morgan fingerprint density at radius 3 is 2.16 bits per heavy atom. The summed E-state index contributed by atoms with van der Waals surface area (Å²) in [5.74, 6) is 0.382. The van der Waals surface area contributed by atoms with Crippen molar-refractivity contribution in [3.8, 4) is 5.75 Å². The minimum Gasteiger partial charge on any atom is -0.497 e. The lowest BCUT2D eigenvalue weighted by molar-refractivity contribution is 0.0939. The van der Waals surface area contributed by atoms with Gasteiger partial charge in [-0.25, -0.2) is 8.42 Å². The van der Waals surface area contributed by atoms with Crippen molar-refractivity contribution in [2.75, 3.05) is 11.8 Å². The summed E-state index contributed by atoms with van der Waals surface area (Å²) in [7, 11) is -2.27. The molecule has 0 heterocycles. The molecule has 7 heteroatoms. The summed E-state index contributed by atoms with van der Waals surface area (Å²) in [4.78, 5) is 12.9. The highest BCUT2D eigenvalue weighted by atomic mass is 32.2. The van der Waals surface area contributed by atoms with Gasteiger partial charge in [-0.05, 0) is 86.3 Å². The zero-order chi connectivity index (χ0) is 23.5. The average molecular weight is 453 g/mol. The van der Waals surface area contributed by atoms with Crippen molar-refractivity contribution >= 4 is 21.6 Å². The number of anilines is 1. The van der Waals surface area contributed by atoms with E-state index in [4.69, 9.17) is 4.74 Å². The molecule has 0 aliphatic rings. The summed E-state index contributed by atoms with van der Waals surface area (Å²) in [6.45, 7) is 7.46. The van der Waals surface area contributed by atoms with Gasteiger partial charge in [-0.2, -0.15) is 0 Å². The van der Waals surface area contributed by atoms with E-state index in [1.54, 1.807) is 38.3 Å². The maximum Gasteiger partial charge on any atom is 0.262 e. The monoisotopic (exact) mass is 452 g/mol. The molecule has 0 aliphatic carbocycles. The van der Waals surface area contributed by atoms with Crippen LogP contribution in [-0.2, 0) is 10.0 Å². The fraction of sp³-hybridized carbons (Fsp3) is 0.240. The summed E-state index contributed by atoms with van der Waals surface area (Å²) >= 11 is 0. The van der Waals surface area contributed by atoms with Crippen LogP contribution in [0.1, 0.15) is 45.6 Å². The molecule has 3 aromatic carbocycles. The van der Waals surface area contributed by atoms with Gasteiger partial charge in [-0.3, -0.25) is 9.52 Å². The standard InChI is InChI=1S/C25H28N2O4S/c1-16-7-11-22(14-18(16)3)27-32(29,30)24-15-21(8-6-17(24)2)25(28)26-19(4)20-9-12-23(31-5)13-10-20/h6-15,19,27H,1-5H3,(H,26,28). The molecule has 3 rings (SSSR count). The topological polar surface area (TPSA) is 84.5 Å². The number of methoxy groups -OCH3 is 1. The molecule has 0 aliphatic heterocycles. The van der Waals surface area contributed by atoms with E-state index in [1.807, 2.05) is 51.1 Å². The van der Waals surface area contributed by atoms with Gasteiger partial charge in [0, 0.05) is 11.3 Å². The molecule has 0 spiro atoms. The summed E-state index contributed by atoms with van der Waals surface area (Å²) in [5, 5.41) is 2.92. The molecule has 0 aromatic heterocycles. The van der Waals surface area contributed by atoms with Crippen molar-refractivity contribution in [2.24, 2.45) is 0 Å². The second-order valence-corrected chi connectivity index (χ2v) is 9.50. The Hall–Kier alpha value is -3.32. The molecule has 0 bridgehead atoms. The smallest absolute Gasteiger partial charge is 0.262 e. The van der Waals surface area contributed by atoms with Crippen LogP contribution in [0.4, 0.5) is 5.69 Å². The van der Waals surface area contributed by atoms with Gasteiger partial charge in [0.15, 0.2) is 0 Å². The number of hydrogen-bond acceptors (Lipinski definition) is 4. The van der Waals surface area contributed by atoms with E-state index >= 15 is 0 Å². The minimum absolute atomic E-state index is 0.0699. The van der Waals surface area contributed by atoms with Crippen molar-refractivity contribution in [3.05, 3.63) is 88.5 Å². The molecule has 1 unspecified atom stereocenters. The van der Waals surface area contributed by atoms with Gasteiger partial charge in [0.05, 0.1) is 18.0 Å². The third-order valence-corrected chi connectivity index (χ3v) is 6.99. The molecule has 2 N–H and O–H groups in total. The van der Waals surface area contributed by atoms with Crippen LogP contribution in [0.15, 0.2) is 65.6 Å². The van der Waals surface area contributed by atoms with Crippen LogP contribution in [0.2, 0.25) is 0 Å². The molecule has 0 fully saturated rings. The van der Waals surface area contributed by atoms with Crippen molar-refractivity contribution < 1.29 is 17.9 Å². The Labute approximate surface area is 189 Å². The van der Waals surface area contributed by atoms with E-state index in [9.17, 15) is 13.2 Å². The summed E-state index contributed by atoms with van der Waals surface area (Å²) in [5.41, 5.74) is 4.29. The van der Waals surface area contributed by atoms with E-state index in [0.29, 0.717) is 11.3 Å². The third-order valence-electron chi connectivity index (χ3n) is 5.46. The van der Waals surface area contributed by atoms with Gasteiger partial charge >= 0.3 is 0 Å². The predicted octanol–water partition coefficient (Wildman–Crippen LogP) is 4.91. The van der Waals surface area contributed by atoms with Gasteiger partial charge in [0.1, 0.15) is 5.75 Å². The Kier molecular flexibility index (Phi) is 6.89. The van der Waals surface area contributed by atoms with Crippen LogP contribution in [-0.4, -0.2) is 21.4 Å². The van der Waals surface area contributed by atoms with Gasteiger partial charge < -0.3 is 10.1 Å². The molecule has 6 nitrogen and oxygen atoms in total. The van der Waals surface area contributed by atoms with E-state index in [-0.39, 0.29) is 22.4 Å². The molecule has 1 amide bonds. The van der Waals surface area contributed by atoms with Gasteiger partial charge in [0.2, 0.25) is 0 Å². The molecular formula is C25H28N2O4S. The number of rotatable bonds is 7. The van der Waals surface area contributed by atoms with Crippen molar-refractivity contribution in [1.82, 2.24) is 5.32 Å². The average Bonchev–Trinajstić information content (AvgIpc) is 2.76. The largest absolute Gasteiger partial charge is 0.497 e. The van der Waals surface area contributed by atoms with E-state index in [1.165, 1.54) is 6.07 Å². The minimum atomic E-state index is -3.86. The van der Waals surface area contributed by atoms with Crippen molar-refractivity contribution in [3.63, 3.8) is 0 Å². The Morgan fingerprint density at radius 1 is 0.875 bits per heavy atom. The first-order chi connectivity index (χ1) is 15.1. The summed E-state index contributed by atoms with van der Waals surface area (Å²) in [6.07, 6.45) is 0. The van der Waals surface area contributed by atoms with Crippen LogP contribution in [0, 0.1) is 20.8 Å². The Balaban J connectivity index is 1.81. The first kappa shape index (κ1) is 23.3. The molecule has 0 saturated heterocycles. The lowest BCUT2D eigenvalue weighted by Crippen LogP contribution is -2.27. The van der Waals surface area contributed by atoms with Crippen LogP contribution in [0.25, 0.3) is 0 Å². The SMILES string of the molecule is COc1ccc(C(C)NC(=O)c2ccc(C)c(S(=O)(=O)Nc3ccc(C)c(C)c3)c2)cc1. The Bertz CT molecular complexity index is 1240. The maximum atomic E-state index is 13.0. The van der Waals surface area contributed by atoms with E-state index < -0.39 is 10.0 Å². The van der Waals surface area contributed by atoms with E-state index in [2.05, 4.69) is 10.0 Å². The van der Waals surface area contributed by atoms with Gasteiger partial charge in [0.25, 0.3) is 15.9 Å². The number of aryl methyl sites for hydroxylation is 3.